The Kier molecular flexibility index (Phi) is 6.73. The lowest BCUT2D eigenvalue weighted by Crippen LogP contribution is -2.26. The summed E-state index contributed by atoms with van der Waals surface area (Å²) in [5.41, 5.74) is 8.76. The molecule has 0 amide bonds. The van der Waals surface area contributed by atoms with Gasteiger partial charge in [0.15, 0.2) is 6.10 Å². The van der Waals surface area contributed by atoms with Gasteiger partial charge in [-0.15, -0.1) is 0 Å². The summed E-state index contributed by atoms with van der Waals surface area (Å²) < 4.78 is 10.8. The Morgan fingerprint density at radius 3 is 2.69 bits per heavy atom. The van der Waals surface area contributed by atoms with E-state index in [0.29, 0.717) is 18.4 Å². The van der Waals surface area contributed by atoms with Crippen LogP contribution >= 0.6 is 0 Å². The summed E-state index contributed by atoms with van der Waals surface area (Å²) in [6.45, 7) is 3.79. The predicted molar refractivity (Wildman–Crippen MR) is 127 cm³/mol. The van der Waals surface area contributed by atoms with Gasteiger partial charge in [0, 0.05) is 11.4 Å². The third kappa shape index (κ3) is 5.10. The van der Waals surface area contributed by atoms with Crippen molar-refractivity contribution in [3.05, 3.63) is 42.5 Å². The zero-order chi connectivity index (χ0) is 22.5. The standard InChI is InChI=1S/C25H30N4O3/c1-3-31-24(30)16(2)32-20-11-7-8-17(14-20)18-12-13-22-21(15-18)23(29-25(26)28-22)27-19-9-5-4-6-10-19/h7-8,11-16,19H,3-6,9-10H2,1-2H3,(H3,26,27,28,29). The predicted octanol–water partition coefficient (Wildman–Crippen LogP) is 4.95. The molecule has 0 spiro atoms. The Morgan fingerprint density at radius 2 is 1.91 bits per heavy atom. The fraction of sp³-hybridized carbons (Fsp3) is 0.400. The number of nitrogens with zero attached hydrogens (tertiary/aromatic N) is 2. The van der Waals surface area contributed by atoms with Gasteiger partial charge < -0.3 is 20.5 Å². The third-order valence-corrected chi connectivity index (χ3v) is 5.76. The van der Waals surface area contributed by atoms with Crippen molar-refractivity contribution in [2.75, 3.05) is 17.7 Å². The summed E-state index contributed by atoms with van der Waals surface area (Å²) in [4.78, 5) is 20.8. The monoisotopic (exact) mass is 434 g/mol. The first-order valence-corrected chi connectivity index (χ1v) is 11.3. The molecule has 32 heavy (non-hydrogen) atoms. The number of nitrogen functional groups attached to an aromatic ring is 1. The van der Waals surface area contributed by atoms with Crippen LogP contribution in [0.25, 0.3) is 22.0 Å². The molecule has 7 heteroatoms. The highest BCUT2D eigenvalue weighted by molar-refractivity contribution is 5.93. The number of rotatable bonds is 7. The average Bonchev–Trinajstić information content (AvgIpc) is 2.80. The van der Waals surface area contributed by atoms with Crippen molar-refractivity contribution in [3.63, 3.8) is 0 Å². The van der Waals surface area contributed by atoms with Crippen LogP contribution in [0.5, 0.6) is 5.75 Å². The molecule has 3 N–H and O–H groups in total. The maximum Gasteiger partial charge on any atom is 0.347 e. The summed E-state index contributed by atoms with van der Waals surface area (Å²) in [5, 5.41) is 4.54. The van der Waals surface area contributed by atoms with Gasteiger partial charge in [-0.25, -0.2) is 9.78 Å². The molecule has 1 atom stereocenters. The number of ether oxygens (including phenoxy) is 2. The minimum atomic E-state index is -0.676. The molecule has 4 rings (SSSR count). The molecule has 0 saturated heterocycles. The zero-order valence-corrected chi connectivity index (χ0v) is 18.6. The van der Waals surface area contributed by atoms with E-state index in [2.05, 4.69) is 21.4 Å². The van der Waals surface area contributed by atoms with Crippen molar-refractivity contribution in [3.8, 4) is 16.9 Å². The fourth-order valence-electron chi connectivity index (χ4n) is 4.14. The second-order valence-electron chi connectivity index (χ2n) is 8.18. The molecule has 1 unspecified atom stereocenters. The summed E-state index contributed by atoms with van der Waals surface area (Å²) in [6, 6.07) is 14.1. The molecule has 1 aliphatic carbocycles. The highest BCUT2D eigenvalue weighted by Crippen LogP contribution is 2.31. The molecule has 1 fully saturated rings. The SMILES string of the molecule is CCOC(=O)C(C)Oc1cccc(-c2ccc3nc(N)nc(NC4CCCCC4)c3c2)c1. The molecule has 0 bridgehead atoms. The van der Waals surface area contributed by atoms with Gasteiger partial charge in [0.2, 0.25) is 5.95 Å². The van der Waals surface area contributed by atoms with E-state index in [-0.39, 0.29) is 11.9 Å². The van der Waals surface area contributed by atoms with Crippen LogP contribution in [0.15, 0.2) is 42.5 Å². The van der Waals surface area contributed by atoms with Crippen molar-refractivity contribution in [2.24, 2.45) is 0 Å². The van der Waals surface area contributed by atoms with Gasteiger partial charge in [-0.1, -0.05) is 37.5 Å². The number of carbonyl (C=O) groups excluding carboxylic acids is 1. The number of carbonyl (C=O) groups is 1. The molecule has 1 aromatic heterocycles. The van der Waals surface area contributed by atoms with E-state index in [1.54, 1.807) is 13.8 Å². The van der Waals surface area contributed by atoms with Crippen LogP contribution in [-0.4, -0.2) is 34.7 Å². The Hall–Kier alpha value is -3.35. The van der Waals surface area contributed by atoms with E-state index in [4.69, 9.17) is 15.2 Å². The van der Waals surface area contributed by atoms with Gasteiger partial charge in [-0.3, -0.25) is 0 Å². The van der Waals surface area contributed by atoms with E-state index in [0.717, 1.165) is 40.7 Å². The smallest absolute Gasteiger partial charge is 0.347 e. The van der Waals surface area contributed by atoms with E-state index >= 15 is 0 Å². The lowest BCUT2D eigenvalue weighted by atomic mass is 9.95. The lowest BCUT2D eigenvalue weighted by Gasteiger charge is -2.24. The number of anilines is 2. The Balaban J connectivity index is 1.62. The Bertz CT molecular complexity index is 1100. The minimum absolute atomic E-state index is 0.270. The molecule has 168 valence electrons. The largest absolute Gasteiger partial charge is 0.479 e. The zero-order valence-electron chi connectivity index (χ0n) is 18.6. The molecule has 1 saturated carbocycles. The quantitative estimate of drug-likeness (QED) is 0.507. The first kappa shape index (κ1) is 21.9. The minimum Gasteiger partial charge on any atom is -0.479 e. The molecule has 1 heterocycles. The molecule has 7 nitrogen and oxygen atoms in total. The number of fused-ring (bicyclic) bond motifs is 1. The van der Waals surface area contributed by atoms with Gasteiger partial charge in [0.05, 0.1) is 12.1 Å². The van der Waals surface area contributed by atoms with Crippen molar-refractivity contribution < 1.29 is 14.3 Å². The lowest BCUT2D eigenvalue weighted by molar-refractivity contribution is -0.150. The number of nitrogens with two attached hydrogens (primary N) is 1. The van der Waals surface area contributed by atoms with E-state index in [9.17, 15) is 4.79 Å². The number of benzene rings is 2. The van der Waals surface area contributed by atoms with Crippen LogP contribution in [0.3, 0.4) is 0 Å². The topological polar surface area (TPSA) is 99.4 Å². The van der Waals surface area contributed by atoms with Gasteiger partial charge in [-0.2, -0.15) is 4.98 Å². The fourth-order valence-corrected chi connectivity index (χ4v) is 4.14. The van der Waals surface area contributed by atoms with Crippen LogP contribution in [0.4, 0.5) is 11.8 Å². The summed E-state index contributed by atoms with van der Waals surface area (Å²) >= 11 is 0. The van der Waals surface area contributed by atoms with E-state index in [1.165, 1.54) is 19.3 Å². The summed E-state index contributed by atoms with van der Waals surface area (Å²) in [5.74, 6) is 1.28. The maximum atomic E-state index is 11.9. The molecule has 3 aromatic rings. The van der Waals surface area contributed by atoms with Crippen molar-refractivity contribution in [2.45, 2.75) is 58.1 Å². The number of hydrogen-bond donors (Lipinski definition) is 2. The van der Waals surface area contributed by atoms with Gasteiger partial charge in [-0.05, 0) is 62.1 Å². The first-order chi connectivity index (χ1) is 15.5. The van der Waals surface area contributed by atoms with Crippen molar-refractivity contribution in [1.82, 2.24) is 9.97 Å². The third-order valence-electron chi connectivity index (χ3n) is 5.76. The van der Waals surface area contributed by atoms with E-state index in [1.807, 2.05) is 36.4 Å². The molecule has 0 aliphatic heterocycles. The van der Waals surface area contributed by atoms with Gasteiger partial charge in [0.25, 0.3) is 0 Å². The van der Waals surface area contributed by atoms with Crippen LogP contribution < -0.4 is 15.8 Å². The van der Waals surface area contributed by atoms with Crippen molar-refractivity contribution in [1.29, 1.82) is 0 Å². The molecular weight excluding hydrogens is 404 g/mol. The molecule has 1 aliphatic rings. The normalized spacial score (nSPS) is 15.3. The number of aromatic nitrogens is 2. The van der Waals surface area contributed by atoms with Crippen LogP contribution in [-0.2, 0) is 9.53 Å². The Morgan fingerprint density at radius 1 is 1.12 bits per heavy atom. The van der Waals surface area contributed by atoms with Gasteiger partial charge in [0.1, 0.15) is 11.6 Å². The summed E-state index contributed by atoms with van der Waals surface area (Å²) in [7, 11) is 0. The van der Waals surface area contributed by atoms with Crippen LogP contribution in [0, 0.1) is 0 Å². The second-order valence-corrected chi connectivity index (χ2v) is 8.18. The molecule has 0 radical (unpaired) electrons. The van der Waals surface area contributed by atoms with Crippen LogP contribution in [0.1, 0.15) is 46.0 Å². The summed E-state index contributed by atoms with van der Waals surface area (Å²) in [6.07, 6.45) is 5.37. The molecular formula is C25H30N4O3. The van der Waals surface area contributed by atoms with Gasteiger partial charge >= 0.3 is 5.97 Å². The number of esters is 1. The Labute approximate surface area is 188 Å². The second kappa shape index (κ2) is 9.85. The highest BCUT2D eigenvalue weighted by atomic mass is 16.6. The average molecular weight is 435 g/mol. The number of hydrogen-bond acceptors (Lipinski definition) is 7. The molecule has 2 aromatic carbocycles. The first-order valence-electron chi connectivity index (χ1n) is 11.3. The highest BCUT2D eigenvalue weighted by Gasteiger charge is 2.18. The maximum absolute atomic E-state index is 11.9. The van der Waals surface area contributed by atoms with E-state index < -0.39 is 6.10 Å². The van der Waals surface area contributed by atoms with Crippen LogP contribution in [0.2, 0.25) is 0 Å². The van der Waals surface area contributed by atoms with Crippen molar-refractivity contribution >= 4 is 28.6 Å². The number of nitrogens with one attached hydrogen (secondary N) is 1.